The van der Waals surface area contributed by atoms with Crippen molar-refractivity contribution in [3.8, 4) is 28.1 Å². The molecule has 360 valence electrons. The molecule has 0 radical (unpaired) electrons. The van der Waals surface area contributed by atoms with Gasteiger partial charge in [-0.15, -0.1) is 0 Å². The minimum atomic E-state index is -1.23. The van der Waals surface area contributed by atoms with Crippen LogP contribution in [0.4, 0.5) is 0 Å². The number of hydrogen-bond acceptors (Lipinski definition) is 10. The number of hydrogen-bond donors (Lipinski definition) is 3. The largest absolute Gasteiger partial charge is 0.508 e. The molecule has 0 aliphatic carbocycles. The topological polar surface area (TPSA) is 159 Å². The van der Waals surface area contributed by atoms with Gasteiger partial charge in [0.25, 0.3) is 5.91 Å². The van der Waals surface area contributed by atoms with Gasteiger partial charge in [-0.2, -0.15) is 0 Å². The van der Waals surface area contributed by atoms with Crippen LogP contribution in [0.3, 0.4) is 0 Å². The molecule has 2 aromatic heterocycles. The Morgan fingerprint density at radius 2 is 1.84 bits per heavy atom. The second kappa shape index (κ2) is 19.4. The lowest BCUT2D eigenvalue weighted by Crippen LogP contribution is -2.66. The van der Waals surface area contributed by atoms with Gasteiger partial charge in [0.15, 0.2) is 0 Å². The highest BCUT2D eigenvalue weighted by molar-refractivity contribution is 5.96. The van der Waals surface area contributed by atoms with Gasteiger partial charge < -0.3 is 29.4 Å². The molecule has 6 atom stereocenters. The van der Waals surface area contributed by atoms with Crippen molar-refractivity contribution in [1.82, 2.24) is 35.1 Å². The third-order valence-electron chi connectivity index (χ3n) is 14.9. The Bertz CT molecular complexity index is 2500. The quantitative estimate of drug-likeness (QED) is 0.147. The number of likely N-dealkylation sites (N-methyl/N-ethyl adjacent to an activating group) is 1. The molecule has 14 heteroatoms. The Labute approximate surface area is 395 Å². The number of amides is 3. The van der Waals surface area contributed by atoms with E-state index in [1.165, 1.54) is 11.4 Å². The molecular formula is C53H71N7O7. The minimum Gasteiger partial charge on any atom is -0.508 e. The zero-order valence-electron chi connectivity index (χ0n) is 41.0. The molecule has 6 bridgehead atoms. The predicted molar refractivity (Wildman–Crippen MR) is 259 cm³/mol. The molecule has 0 saturated carbocycles. The molecule has 2 aromatic carbocycles. The van der Waals surface area contributed by atoms with Crippen LogP contribution < -0.4 is 10.7 Å². The maximum atomic E-state index is 14.9. The van der Waals surface area contributed by atoms with Crippen LogP contribution in [0.1, 0.15) is 110 Å². The summed E-state index contributed by atoms with van der Waals surface area (Å²) in [5.41, 5.74) is 8.60. The Morgan fingerprint density at radius 1 is 1.04 bits per heavy atom. The fourth-order valence-corrected chi connectivity index (χ4v) is 11.4. The van der Waals surface area contributed by atoms with Gasteiger partial charge in [-0.3, -0.25) is 29.3 Å². The van der Waals surface area contributed by atoms with Crippen LogP contribution in [-0.4, -0.2) is 117 Å². The summed E-state index contributed by atoms with van der Waals surface area (Å²) in [7, 11) is 3.39. The first-order valence-electron chi connectivity index (χ1n) is 24.5. The summed E-state index contributed by atoms with van der Waals surface area (Å²) in [6, 6.07) is 14.1. The number of aromatic nitrogens is 2. The number of rotatable bonds is 9. The maximum Gasteiger partial charge on any atom is 0.327 e. The summed E-state index contributed by atoms with van der Waals surface area (Å²) in [5.74, 6) is -1.83. The van der Waals surface area contributed by atoms with Crippen molar-refractivity contribution in [2.24, 2.45) is 17.3 Å². The number of aryl methyl sites for hydroxylation is 1. The van der Waals surface area contributed by atoms with Crippen molar-refractivity contribution in [3.63, 3.8) is 0 Å². The average molecular weight is 918 g/mol. The summed E-state index contributed by atoms with van der Waals surface area (Å²) >= 11 is 0. The number of piperidine rings is 1. The number of cyclic esters (lactones) is 1. The monoisotopic (exact) mass is 918 g/mol. The number of ether oxygens (including phenoxy) is 2. The molecule has 3 saturated heterocycles. The first-order chi connectivity index (χ1) is 31.9. The summed E-state index contributed by atoms with van der Waals surface area (Å²) in [5, 5.41) is 16.9. The van der Waals surface area contributed by atoms with Gasteiger partial charge in [0.1, 0.15) is 23.4 Å². The molecule has 3 fully saturated rings. The second-order valence-electron chi connectivity index (χ2n) is 20.9. The number of benzene rings is 2. The number of nitrogens with one attached hydrogen (secondary N) is 2. The van der Waals surface area contributed by atoms with E-state index >= 15 is 0 Å². The molecule has 2 unspecified atom stereocenters. The number of carbonyl (C=O) groups is 4. The zero-order valence-corrected chi connectivity index (χ0v) is 41.0. The van der Waals surface area contributed by atoms with Crippen molar-refractivity contribution in [1.29, 1.82) is 0 Å². The lowest BCUT2D eigenvalue weighted by molar-refractivity contribution is -0.162. The summed E-state index contributed by atoms with van der Waals surface area (Å²) < 4.78 is 14.4. The summed E-state index contributed by atoms with van der Waals surface area (Å²) in [6.07, 6.45) is 7.23. The average Bonchev–Trinajstić information content (AvgIpc) is 3.87. The van der Waals surface area contributed by atoms with E-state index < -0.39 is 40.8 Å². The molecule has 8 rings (SSSR count). The fourth-order valence-electron chi connectivity index (χ4n) is 11.4. The van der Waals surface area contributed by atoms with E-state index in [2.05, 4.69) is 59.2 Å². The molecule has 3 N–H and O–H groups in total. The van der Waals surface area contributed by atoms with Gasteiger partial charge in [0.05, 0.1) is 30.0 Å². The first kappa shape index (κ1) is 48.2. The van der Waals surface area contributed by atoms with E-state index in [0.717, 1.165) is 70.4 Å². The second-order valence-corrected chi connectivity index (χ2v) is 20.9. The van der Waals surface area contributed by atoms with E-state index in [-0.39, 0.29) is 42.6 Å². The van der Waals surface area contributed by atoms with Crippen LogP contribution >= 0.6 is 0 Å². The van der Waals surface area contributed by atoms with Crippen LogP contribution in [-0.2, 0) is 48.0 Å². The zero-order chi connectivity index (χ0) is 47.9. The van der Waals surface area contributed by atoms with Gasteiger partial charge >= 0.3 is 5.97 Å². The first-order valence-corrected chi connectivity index (χ1v) is 24.5. The summed E-state index contributed by atoms with van der Waals surface area (Å²) in [4.78, 5) is 66.8. The Kier molecular flexibility index (Phi) is 13.9. The van der Waals surface area contributed by atoms with E-state index in [1.54, 1.807) is 44.3 Å². The molecule has 0 spiro atoms. The van der Waals surface area contributed by atoms with E-state index in [1.807, 2.05) is 39.0 Å². The third-order valence-corrected chi connectivity index (χ3v) is 14.9. The standard InChI is InChI=1S/C53H71N7O7/c1-10-59-44-18-17-35-28-41(44)42(47(59)40-16-13-20-54-45(40)33(4)66-9)29-52(5,6)31-67-51(65)53(7)19-14-22-60(56-53)50(64)43(25-34-23-36(35)27-39(61)24-34)55-48(62)46(32(2)3)57(8)49(63)37-26-38-15-11-12-21-58(38)30-37/h13,16-18,20,23-24,27-28,32-33,37-38,43,46,56,61H,10-12,14-15,19,21-22,25-26,29-31H2,1-9H3,(H,55,62)/t33-,37?,38?,43-,46-,53+/m0/s1. The lowest BCUT2D eigenvalue weighted by atomic mass is 9.84. The molecular weight excluding hydrogens is 847 g/mol. The third kappa shape index (κ3) is 9.72. The van der Waals surface area contributed by atoms with Gasteiger partial charge in [-0.25, -0.2) is 10.2 Å². The number of esters is 1. The van der Waals surface area contributed by atoms with Crippen molar-refractivity contribution in [2.45, 2.75) is 136 Å². The number of phenols is 1. The number of fused-ring (bicyclic) bond motifs is 7. The Morgan fingerprint density at radius 3 is 2.57 bits per heavy atom. The fraction of sp³-hybridized carbons (Fsp3) is 0.566. The van der Waals surface area contributed by atoms with Gasteiger partial charge in [-0.05, 0) is 130 Å². The van der Waals surface area contributed by atoms with Gasteiger partial charge in [0, 0.05) is 74.3 Å². The lowest BCUT2D eigenvalue weighted by Gasteiger charge is -2.41. The predicted octanol–water partition coefficient (Wildman–Crippen LogP) is 7.20. The van der Waals surface area contributed by atoms with Crippen LogP contribution in [0, 0.1) is 17.3 Å². The van der Waals surface area contributed by atoms with Crippen LogP contribution in [0.15, 0.2) is 54.7 Å². The molecule has 67 heavy (non-hydrogen) atoms. The molecule has 4 aromatic rings. The molecule has 14 nitrogen and oxygen atoms in total. The number of carbonyl (C=O) groups excluding carboxylic acids is 4. The van der Waals surface area contributed by atoms with E-state index in [0.29, 0.717) is 50.5 Å². The Hall–Kier alpha value is -5.31. The minimum absolute atomic E-state index is 0.0194. The molecule has 6 heterocycles. The van der Waals surface area contributed by atoms with E-state index in [9.17, 15) is 24.3 Å². The highest BCUT2D eigenvalue weighted by Crippen LogP contribution is 2.42. The highest BCUT2D eigenvalue weighted by Gasteiger charge is 2.45. The van der Waals surface area contributed by atoms with Crippen molar-refractivity contribution in [2.75, 3.05) is 40.4 Å². The van der Waals surface area contributed by atoms with Gasteiger partial charge in [-0.1, -0.05) is 46.2 Å². The normalized spacial score (nSPS) is 24.4. The molecule has 4 aliphatic heterocycles. The van der Waals surface area contributed by atoms with Crippen molar-refractivity contribution in [3.05, 3.63) is 71.5 Å². The highest BCUT2D eigenvalue weighted by atomic mass is 16.5. The van der Waals surface area contributed by atoms with Crippen LogP contribution in [0.25, 0.3) is 33.3 Å². The van der Waals surface area contributed by atoms with Crippen LogP contribution in [0.2, 0.25) is 0 Å². The number of pyridine rings is 1. The van der Waals surface area contributed by atoms with Gasteiger partial charge in [0.2, 0.25) is 11.8 Å². The summed E-state index contributed by atoms with van der Waals surface area (Å²) in [6.45, 7) is 16.7. The molecule has 4 aliphatic rings. The van der Waals surface area contributed by atoms with Crippen molar-refractivity contribution < 1.29 is 33.8 Å². The number of hydrazine groups is 1. The van der Waals surface area contributed by atoms with Crippen molar-refractivity contribution >= 4 is 34.6 Å². The SMILES string of the molecule is CCn1c(-c2cccnc2[C@H](C)OC)c2c3cc(ccc31)-c1cc(O)cc(c1)C[C@H](NC(=O)[C@H](C(C)C)N(C)C(=O)C1CC3CCCCN3C1)C(=O)N1CCC[C@@](C)(N1)C(=O)OCC(C)(C)C2. The number of aromatic hydroxyl groups is 1. The number of methoxy groups -OCH3 is 1. The smallest absolute Gasteiger partial charge is 0.327 e. The maximum absolute atomic E-state index is 14.9. The number of phenolic OH excluding ortho intramolecular Hbond substituents is 1. The number of nitrogens with zero attached hydrogens (tertiary/aromatic N) is 5. The van der Waals surface area contributed by atoms with E-state index in [4.69, 9.17) is 14.5 Å². The Balaban J connectivity index is 1.21. The molecule has 3 amide bonds. The van der Waals surface area contributed by atoms with Crippen LogP contribution in [0.5, 0.6) is 5.75 Å².